The van der Waals surface area contributed by atoms with Gasteiger partial charge in [0.25, 0.3) is 0 Å². The molecule has 0 aliphatic rings. The van der Waals surface area contributed by atoms with Gasteiger partial charge in [0.05, 0.1) is 0 Å². The molecule has 0 fully saturated rings. The highest BCUT2D eigenvalue weighted by atomic mass is 14.7. The second kappa shape index (κ2) is 18.7. The van der Waals surface area contributed by atoms with Crippen molar-refractivity contribution >= 4 is 25.2 Å². The quantitative estimate of drug-likeness (QED) is 0.503. The van der Waals surface area contributed by atoms with Crippen LogP contribution in [-0.2, 0) is 0 Å². The molecule has 5 heteroatoms. The summed E-state index contributed by atoms with van der Waals surface area (Å²) in [6, 6.07) is 20.6. The standard InChI is InChI=1S/C9H12.2C8H11N.3B/c1-8(2)9-6-4-3-5-7-9;1-7(2)8-3-5-9-6-4-8;1-7(2)8-5-3-4-6-9-8;;;/h3-8H,1-2H3;2*3-7H,1-2H3;;;. The maximum Gasteiger partial charge on any atom is 0.0428 e. The molecule has 2 nitrogen and oxygen atoms in total. The van der Waals surface area contributed by atoms with Gasteiger partial charge in [0, 0.05) is 49.5 Å². The number of pyridine rings is 2. The summed E-state index contributed by atoms with van der Waals surface area (Å²) >= 11 is 0. The van der Waals surface area contributed by atoms with Crippen molar-refractivity contribution < 1.29 is 0 Å². The summed E-state index contributed by atoms with van der Waals surface area (Å²) in [6.45, 7) is 13.0. The molecule has 153 valence electrons. The van der Waals surface area contributed by atoms with Crippen LogP contribution in [-0.4, -0.2) is 35.2 Å². The van der Waals surface area contributed by atoms with E-state index < -0.39 is 0 Å². The molecule has 30 heavy (non-hydrogen) atoms. The van der Waals surface area contributed by atoms with Gasteiger partial charge in [-0.2, -0.15) is 0 Å². The summed E-state index contributed by atoms with van der Waals surface area (Å²) < 4.78 is 0. The molecule has 9 radical (unpaired) electrons. The van der Waals surface area contributed by atoms with Crippen molar-refractivity contribution in [3.63, 3.8) is 0 Å². The van der Waals surface area contributed by atoms with Gasteiger partial charge in [-0.15, -0.1) is 0 Å². The van der Waals surface area contributed by atoms with Gasteiger partial charge in [-0.25, -0.2) is 0 Å². The molecular weight excluding hydrogens is 361 g/mol. The number of aromatic nitrogens is 2. The second-order valence-electron chi connectivity index (χ2n) is 7.41. The molecule has 0 atom stereocenters. The van der Waals surface area contributed by atoms with Gasteiger partial charge >= 0.3 is 0 Å². The highest BCUT2D eigenvalue weighted by molar-refractivity contribution is 5.76. The van der Waals surface area contributed by atoms with Crippen LogP contribution in [0.15, 0.2) is 79.3 Å². The van der Waals surface area contributed by atoms with Gasteiger partial charge in [0.1, 0.15) is 0 Å². The fraction of sp³-hybridized carbons (Fsp3) is 0.360. The summed E-state index contributed by atoms with van der Waals surface area (Å²) in [5.41, 5.74) is 3.93. The average molecular weight is 395 g/mol. The first kappa shape index (κ1) is 32.4. The lowest BCUT2D eigenvalue weighted by Crippen LogP contribution is -1.88. The molecule has 0 bridgehead atoms. The van der Waals surface area contributed by atoms with Crippen molar-refractivity contribution in [3.8, 4) is 0 Å². The van der Waals surface area contributed by atoms with E-state index in [2.05, 4.69) is 75.8 Å². The minimum absolute atomic E-state index is 0. The van der Waals surface area contributed by atoms with Crippen molar-refractivity contribution in [2.45, 2.75) is 59.3 Å². The Kier molecular flexibility index (Phi) is 20.2. The zero-order valence-corrected chi connectivity index (χ0v) is 19.4. The summed E-state index contributed by atoms with van der Waals surface area (Å²) in [5.74, 6) is 1.82. The van der Waals surface area contributed by atoms with Crippen LogP contribution < -0.4 is 0 Å². The van der Waals surface area contributed by atoms with Crippen LogP contribution in [0, 0.1) is 0 Å². The van der Waals surface area contributed by atoms with Crippen molar-refractivity contribution in [3.05, 3.63) is 96.1 Å². The van der Waals surface area contributed by atoms with E-state index >= 15 is 0 Å². The molecular formula is C25H34B3N2. The van der Waals surface area contributed by atoms with Crippen molar-refractivity contribution in [2.24, 2.45) is 0 Å². The molecule has 1 aromatic carbocycles. The van der Waals surface area contributed by atoms with Gasteiger partial charge in [-0.3, -0.25) is 9.97 Å². The Balaban J connectivity index is -0.000000347. The van der Waals surface area contributed by atoms with Gasteiger partial charge < -0.3 is 0 Å². The molecule has 2 heterocycles. The van der Waals surface area contributed by atoms with Crippen LogP contribution in [0.3, 0.4) is 0 Å². The smallest absolute Gasteiger partial charge is 0.0428 e. The van der Waals surface area contributed by atoms with E-state index in [-0.39, 0.29) is 25.2 Å². The summed E-state index contributed by atoms with van der Waals surface area (Å²) in [4.78, 5) is 8.11. The predicted octanol–water partition coefficient (Wildman–Crippen LogP) is 6.08. The summed E-state index contributed by atoms with van der Waals surface area (Å²) in [5, 5.41) is 0. The lowest BCUT2D eigenvalue weighted by atomic mass is 10.0. The number of nitrogens with zero attached hydrogens (tertiary/aromatic N) is 2. The molecule has 0 aliphatic heterocycles. The molecule has 2 aromatic heterocycles. The van der Waals surface area contributed by atoms with E-state index in [0.717, 1.165) is 5.69 Å². The molecule has 0 N–H and O–H groups in total. The van der Waals surface area contributed by atoms with Crippen LogP contribution in [0.4, 0.5) is 0 Å². The van der Waals surface area contributed by atoms with Gasteiger partial charge in [0.15, 0.2) is 0 Å². The van der Waals surface area contributed by atoms with E-state index in [0.29, 0.717) is 17.8 Å². The number of benzene rings is 1. The van der Waals surface area contributed by atoms with Gasteiger partial charge in [0.2, 0.25) is 0 Å². The lowest BCUT2D eigenvalue weighted by Gasteiger charge is -2.01. The third-order valence-electron chi connectivity index (χ3n) is 4.12. The van der Waals surface area contributed by atoms with Gasteiger partial charge in [-0.05, 0) is 53.1 Å². The molecule has 0 amide bonds. The SMILES string of the molecule is CC(C)c1ccccc1.CC(C)c1ccccn1.CC(C)c1ccncc1.[B].[B].[B]. The maximum atomic E-state index is 4.18. The molecule has 3 rings (SSSR count). The third-order valence-corrected chi connectivity index (χ3v) is 4.12. The highest BCUT2D eigenvalue weighted by Gasteiger charge is 1.96. The first-order valence-electron chi connectivity index (χ1n) is 9.77. The van der Waals surface area contributed by atoms with E-state index in [1.165, 1.54) is 11.1 Å². The molecule has 3 aromatic rings. The number of rotatable bonds is 3. The maximum absolute atomic E-state index is 4.18. The van der Waals surface area contributed by atoms with E-state index in [1.54, 1.807) is 0 Å². The van der Waals surface area contributed by atoms with Crippen LogP contribution in [0.2, 0.25) is 0 Å². The zero-order chi connectivity index (χ0) is 20.1. The monoisotopic (exact) mass is 395 g/mol. The van der Waals surface area contributed by atoms with Crippen molar-refractivity contribution in [1.82, 2.24) is 9.97 Å². The van der Waals surface area contributed by atoms with Crippen LogP contribution >= 0.6 is 0 Å². The molecule has 0 unspecified atom stereocenters. The van der Waals surface area contributed by atoms with Crippen LogP contribution in [0.25, 0.3) is 0 Å². The number of hydrogen-bond donors (Lipinski definition) is 0. The molecule has 0 saturated heterocycles. The fourth-order valence-electron chi connectivity index (χ4n) is 2.30. The fourth-order valence-corrected chi connectivity index (χ4v) is 2.30. The first-order valence-corrected chi connectivity index (χ1v) is 9.77. The average Bonchev–Trinajstić information content (AvgIpc) is 2.71. The Hall–Kier alpha value is -2.29. The molecule has 0 spiro atoms. The highest BCUT2D eigenvalue weighted by Crippen LogP contribution is 2.12. The van der Waals surface area contributed by atoms with E-state index in [4.69, 9.17) is 0 Å². The van der Waals surface area contributed by atoms with E-state index in [1.807, 2.05) is 55.0 Å². The van der Waals surface area contributed by atoms with Crippen LogP contribution in [0.1, 0.15) is 76.1 Å². The summed E-state index contributed by atoms with van der Waals surface area (Å²) in [7, 11) is 0. The lowest BCUT2D eigenvalue weighted by molar-refractivity contribution is 0.823. The van der Waals surface area contributed by atoms with Gasteiger partial charge in [-0.1, -0.05) is 77.9 Å². The van der Waals surface area contributed by atoms with Crippen LogP contribution in [0.5, 0.6) is 0 Å². The van der Waals surface area contributed by atoms with Crippen molar-refractivity contribution in [2.75, 3.05) is 0 Å². The topological polar surface area (TPSA) is 25.8 Å². The Morgan fingerprint density at radius 1 is 0.500 bits per heavy atom. The molecule has 0 aliphatic carbocycles. The van der Waals surface area contributed by atoms with E-state index in [9.17, 15) is 0 Å². The minimum atomic E-state index is 0. The minimum Gasteiger partial charge on any atom is -0.265 e. The zero-order valence-electron chi connectivity index (χ0n) is 19.4. The first-order chi connectivity index (χ1) is 12.9. The Morgan fingerprint density at radius 3 is 1.27 bits per heavy atom. The van der Waals surface area contributed by atoms with Crippen molar-refractivity contribution in [1.29, 1.82) is 0 Å². The second-order valence-corrected chi connectivity index (χ2v) is 7.41. The summed E-state index contributed by atoms with van der Waals surface area (Å²) in [6.07, 6.45) is 5.49. The predicted molar refractivity (Wildman–Crippen MR) is 134 cm³/mol. The Morgan fingerprint density at radius 2 is 0.967 bits per heavy atom. The molecule has 0 saturated carbocycles. The largest absolute Gasteiger partial charge is 0.265 e. The Labute approximate surface area is 190 Å². The number of hydrogen-bond acceptors (Lipinski definition) is 2. The third kappa shape index (κ3) is 13.8. The normalized spacial score (nSPS) is 9.10. The Bertz CT molecular complexity index is 616.